The highest BCUT2D eigenvalue weighted by atomic mass is 32.1. The van der Waals surface area contributed by atoms with Crippen molar-refractivity contribution in [3.05, 3.63) is 117 Å². The van der Waals surface area contributed by atoms with Gasteiger partial charge < -0.3 is 0 Å². The second-order valence-electron chi connectivity index (χ2n) is 12.8. The second kappa shape index (κ2) is 8.82. The molecule has 4 heteroatoms. The first-order valence-corrected chi connectivity index (χ1v) is 16.2. The van der Waals surface area contributed by atoms with E-state index >= 15 is 0 Å². The second-order valence-corrected chi connectivity index (χ2v) is 15.3. The molecule has 0 fully saturated rings. The van der Waals surface area contributed by atoms with E-state index in [1.807, 2.05) is 35.1 Å². The van der Waals surface area contributed by atoms with Crippen LogP contribution in [0.1, 0.15) is 59.7 Å². The molecule has 0 spiro atoms. The maximum absolute atomic E-state index is 4.75. The molecule has 0 atom stereocenters. The SMILES string of the molecule is Cc1cc2c(s1)-c1ccc(-c3ccnc(-c4cc(-c5ccc6c(c5)C(C)(C)c5cc(C)sc5-6)ccn4)c3)cc1C2(C)C. The molecule has 4 aromatic heterocycles. The third kappa shape index (κ3) is 3.68. The van der Waals surface area contributed by atoms with Gasteiger partial charge in [0, 0.05) is 42.7 Å². The van der Waals surface area contributed by atoms with Crippen LogP contribution in [0.5, 0.6) is 0 Å². The zero-order chi connectivity index (χ0) is 29.0. The van der Waals surface area contributed by atoms with Crippen LogP contribution in [0.25, 0.3) is 54.5 Å². The highest BCUT2D eigenvalue weighted by molar-refractivity contribution is 7.16. The van der Waals surface area contributed by atoms with Gasteiger partial charge in [-0.15, -0.1) is 22.7 Å². The van der Waals surface area contributed by atoms with Crippen LogP contribution in [0.4, 0.5) is 0 Å². The predicted molar refractivity (Wildman–Crippen MR) is 179 cm³/mol. The molecule has 42 heavy (non-hydrogen) atoms. The lowest BCUT2D eigenvalue weighted by Crippen LogP contribution is -2.14. The van der Waals surface area contributed by atoms with Gasteiger partial charge in [-0.3, -0.25) is 9.97 Å². The van der Waals surface area contributed by atoms with Crippen molar-refractivity contribution in [2.45, 2.75) is 52.4 Å². The van der Waals surface area contributed by atoms with Gasteiger partial charge in [-0.25, -0.2) is 0 Å². The van der Waals surface area contributed by atoms with Crippen LogP contribution in [-0.4, -0.2) is 9.97 Å². The topological polar surface area (TPSA) is 25.8 Å². The van der Waals surface area contributed by atoms with E-state index in [4.69, 9.17) is 9.97 Å². The Morgan fingerprint density at radius 2 is 0.881 bits per heavy atom. The van der Waals surface area contributed by atoms with E-state index < -0.39 is 0 Å². The fourth-order valence-electron chi connectivity index (χ4n) is 7.03. The number of aromatic nitrogens is 2. The summed E-state index contributed by atoms with van der Waals surface area (Å²) in [6, 6.07) is 27.2. The molecule has 0 aliphatic heterocycles. The van der Waals surface area contributed by atoms with Crippen LogP contribution in [0.15, 0.2) is 85.2 Å². The van der Waals surface area contributed by atoms with E-state index in [0.717, 1.165) is 22.5 Å². The van der Waals surface area contributed by atoms with Crippen LogP contribution in [0, 0.1) is 13.8 Å². The lowest BCUT2D eigenvalue weighted by Gasteiger charge is -2.21. The number of rotatable bonds is 3. The normalized spacial score (nSPS) is 15.3. The van der Waals surface area contributed by atoms with Crippen LogP contribution in [0.3, 0.4) is 0 Å². The van der Waals surface area contributed by atoms with E-state index in [1.54, 1.807) is 0 Å². The Balaban J connectivity index is 1.15. The highest BCUT2D eigenvalue weighted by Crippen LogP contribution is 2.54. The van der Waals surface area contributed by atoms with E-state index in [2.05, 4.69) is 114 Å². The molecule has 2 aromatic carbocycles. The van der Waals surface area contributed by atoms with Gasteiger partial charge in [0.2, 0.25) is 0 Å². The summed E-state index contributed by atoms with van der Waals surface area (Å²) in [5, 5.41) is 0. The third-order valence-corrected chi connectivity index (χ3v) is 11.5. The summed E-state index contributed by atoms with van der Waals surface area (Å²) in [4.78, 5) is 15.1. The van der Waals surface area contributed by atoms with Gasteiger partial charge in [0.15, 0.2) is 0 Å². The highest BCUT2D eigenvalue weighted by Gasteiger charge is 2.38. The summed E-state index contributed by atoms with van der Waals surface area (Å²) >= 11 is 3.82. The number of benzene rings is 2. The van der Waals surface area contributed by atoms with Gasteiger partial charge in [-0.1, -0.05) is 52.0 Å². The largest absolute Gasteiger partial charge is 0.255 e. The van der Waals surface area contributed by atoms with Gasteiger partial charge in [0.25, 0.3) is 0 Å². The minimum absolute atomic E-state index is 0.00504. The minimum Gasteiger partial charge on any atom is -0.255 e. The number of fused-ring (bicyclic) bond motifs is 6. The third-order valence-electron chi connectivity index (χ3n) is 9.38. The molecular formula is C38H32N2S2. The monoisotopic (exact) mass is 580 g/mol. The molecule has 0 unspecified atom stereocenters. The fourth-order valence-corrected chi connectivity index (χ4v) is 9.45. The fraction of sp³-hybridized carbons (Fsp3) is 0.211. The van der Waals surface area contributed by atoms with Crippen molar-refractivity contribution in [2.75, 3.05) is 0 Å². The molecular weight excluding hydrogens is 549 g/mol. The lowest BCUT2D eigenvalue weighted by molar-refractivity contribution is 0.661. The number of thiophene rings is 2. The van der Waals surface area contributed by atoms with E-state index in [1.165, 1.54) is 64.0 Å². The first-order chi connectivity index (χ1) is 20.1. The molecule has 4 heterocycles. The summed E-state index contributed by atoms with van der Waals surface area (Å²) < 4.78 is 0. The first-order valence-electron chi connectivity index (χ1n) is 14.6. The first kappa shape index (κ1) is 25.8. The standard InChI is InChI=1S/C38H32N2S2/c1-21-15-31-35(41-21)27-9-7-23(17-29(27)37(31,3)4)25-11-13-39-33(19-25)34-20-26(12-14-40-34)24-8-10-28-30(18-24)38(5,6)32-16-22(2)42-36(28)32/h7-20H,1-6H3. The summed E-state index contributed by atoms with van der Waals surface area (Å²) in [6.45, 7) is 13.8. The Bertz CT molecular complexity index is 1920. The zero-order valence-corrected chi connectivity index (χ0v) is 26.4. The van der Waals surface area contributed by atoms with Gasteiger partial charge in [-0.05, 0) is 118 Å². The molecule has 2 nitrogen and oxygen atoms in total. The Morgan fingerprint density at radius 1 is 0.476 bits per heavy atom. The molecule has 6 aromatic rings. The maximum atomic E-state index is 4.75. The molecule has 8 rings (SSSR count). The maximum Gasteiger partial charge on any atom is 0.0892 e. The van der Waals surface area contributed by atoms with Gasteiger partial charge in [0.1, 0.15) is 0 Å². The van der Waals surface area contributed by atoms with E-state index in [-0.39, 0.29) is 10.8 Å². The van der Waals surface area contributed by atoms with E-state index in [0.29, 0.717) is 0 Å². The molecule has 0 saturated heterocycles. The van der Waals surface area contributed by atoms with Crippen molar-refractivity contribution < 1.29 is 0 Å². The van der Waals surface area contributed by atoms with Crippen molar-refractivity contribution >= 4 is 22.7 Å². The minimum atomic E-state index is 0.00504. The number of aryl methyl sites for hydroxylation is 2. The summed E-state index contributed by atoms with van der Waals surface area (Å²) in [5.41, 5.74) is 15.0. The number of nitrogens with zero attached hydrogens (tertiary/aromatic N) is 2. The van der Waals surface area contributed by atoms with Crippen LogP contribution in [0.2, 0.25) is 0 Å². The summed E-state index contributed by atoms with van der Waals surface area (Å²) in [5.74, 6) is 0. The van der Waals surface area contributed by atoms with Gasteiger partial charge >= 0.3 is 0 Å². The lowest BCUT2D eigenvalue weighted by atomic mass is 9.82. The molecule has 0 saturated carbocycles. The molecule has 0 radical (unpaired) electrons. The number of hydrogen-bond donors (Lipinski definition) is 0. The van der Waals surface area contributed by atoms with Crippen molar-refractivity contribution in [2.24, 2.45) is 0 Å². The molecule has 2 aliphatic rings. The van der Waals surface area contributed by atoms with E-state index in [9.17, 15) is 0 Å². The average molecular weight is 581 g/mol. The molecule has 0 N–H and O–H groups in total. The molecule has 206 valence electrons. The van der Waals surface area contributed by atoms with Crippen molar-refractivity contribution in [1.82, 2.24) is 9.97 Å². The smallest absolute Gasteiger partial charge is 0.0892 e. The summed E-state index contributed by atoms with van der Waals surface area (Å²) in [7, 11) is 0. The zero-order valence-electron chi connectivity index (χ0n) is 24.8. The quantitative estimate of drug-likeness (QED) is 0.208. The molecule has 0 amide bonds. The van der Waals surface area contributed by atoms with Gasteiger partial charge in [-0.2, -0.15) is 0 Å². The Morgan fingerprint density at radius 3 is 1.31 bits per heavy atom. The molecule has 0 bridgehead atoms. The van der Waals surface area contributed by atoms with Crippen LogP contribution >= 0.6 is 22.7 Å². The van der Waals surface area contributed by atoms with Crippen molar-refractivity contribution in [1.29, 1.82) is 0 Å². The Labute approximate surface area is 255 Å². The van der Waals surface area contributed by atoms with Crippen molar-refractivity contribution in [3.8, 4) is 54.5 Å². The Hall–Kier alpha value is -3.86. The summed E-state index contributed by atoms with van der Waals surface area (Å²) in [6.07, 6.45) is 3.83. The predicted octanol–water partition coefficient (Wildman–Crippen LogP) is 10.8. The number of hydrogen-bond acceptors (Lipinski definition) is 4. The Kier molecular flexibility index (Phi) is 5.43. The van der Waals surface area contributed by atoms with Gasteiger partial charge in [0.05, 0.1) is 11.4 Å². The van der Waals surface area contributed by atoms with Crippen molar-refractivity contribution in [3.63, 3.8) is 0 Å². The van der Waals surface area contributed by atoms with Crippen LogP contribution < -0.4 is 0 Å². The average Bonchev–Trinajstić information content (AvgIpc) is 3.69. The van der Waals surface area contributed by atoms with Crippen LogP contribution in [-0.2, 0) is 10.8 Å². The molecule has 2 aliphatic carbocycles. The number of pyridine rings is 2.